The molecule has 2 amide bonds. The van der Waals surface area contributed by atoms with Crippen molar-refractivity contribution in [2.24, 2.45) is 0 Å². The fraction of sp³-hybridized carbons (Fsp3) is 0.200. The number of carbonyl (C=O) groups is 2. The van der Waals surface area contributed by atoms with Gasteiger partial charge in [0, 0.05) is 30.1 Å². The van der Waals surface area contributed by atoms with E-state index in [0.717, 1.165) is 0 Å². The number of carbonyl (C=O) groups excluding carboxylic acids is 2. The lowest BCUT2D eigenvalue weighted by Crippen LogP contribution is -2.27. The minimum atomic E-state index is -0.333. The van der Waals surface area contributed by atoms with Crippen LogP contribution in [0.3, 0.4) is 0 Å². The lowest BCUT2D eigenvalue weighted by atomic mass is 10.2. The molecule has 0 fully saturated rings. The van der Waals surface area contributed by atoms with Crippen molar-refractivity contribution in [1.82, 2.24) is 9.55 Å². The average Bonchev–Trinajstić information content (AvgIpc) is 2.43. The molecule has 7 nitrogen and oxygen atoms in total. The minimum absolute atomic E-state index is 0.112. The van der Waals surface area contributed by atoms with Gasteiger partial charge in [-0.3, -0.25) is 19.0 Å². The quantitative estimate of drug-likeness (QED) is 0.885. The van der Waals surface area contributed by atoms with Gasteiger partial charge in [0.05, 0.1) is 6.33 Å². The lowest BCUT2D eigenvalue weighted by Gasteiger charge is -2.08. The first-order chi connectivity index (χ1) is 10.4. The molecule has 0 radical (unpaired) electrons. The number of hydrogen-bond donors (Lipinski definition) is 2. The van der Waals surface area contributed by atoms with Crippen LogP contribution in [0.15, 0.2) is 41.5 Å². The molecule has 22 heavy (non-hydrogen) atoms. The molecule has 2 rings (SSSR count). The van der Waals surface area contributed by atoms with E-state index < -0.39 is 0 Å². The van der Waals surface area contributed by atoms with Crippen LogP contribution in [0.2, 0.25) is 0 Å². The van der Waals surface area contributed by atoms with Crippen molar-refractivity contribution < 1.29 is 9.59 Å². The number of aromatic nitrogens is 2. The number of anilines is 2. The Morgan fingerprint density at radius 2 is 1.73 bits per heavy atom. The fourth-order valence-corrected chi connectivity index (χ4v) is 1.83. The standard InChI is InChI=1S/C15H16N4O3/c1-10-7-15(22)19(9-16-10)8-14(21)18-13-5-3-12(4-6-13)17-11(2)20/h3-7,9H,8H2,1-2H3,(H,17,20)(H,18,21). The Morgan fingerprint density at radius 3 is 2.27 bits per heavy atom. The van der Waals surface area contributed by atoms with E-state index in [9.17, 15) is 14.4 Å². The Hall–Kier alpha value is -2.96. The Kier molecular flexibility index (Phi) is 4.67. The van der Waals surface area contributed by atoms with Crippen molar-refractivity contribution in [2.75, 3.05) is 10.6 Å². The molecule has 0 saturated heterocycles. The van der Waals surface area contributed by atoms with Crippen LogP contribution in [0.1, 0.15) is 12.6 Å². The third-order valence-electron chi connectivity index (χ3n) is 2.82. The first kappa shape index (κ1) is 15.4. The van der Waals surface area contributed by atoms with Gasteiger partial charge in [0.15, 0.2) is 0 Å². The van der Waals surface area contributed by atoms with E-state index in [1.807, 2.05) is 0 Å². The summed E-state index contributed by atoms with van der Waals surface area (Å²) in [5, 5.41) is 5.31. The van der Waals surface area contributed by atoms with E-state index in [0.29, 0.717) is 17.1 Å². The smallest absolute Gasteiger partial charge is 0.253 e. The number of aryl methyl sites for hydroxylation is 1. The van der Waals surface area contributed by atoms with Crippen LogP contribution in [-0.4, -0.2) is 21.4 Å². The molecule has 0 aliphatic rings. The van der Waals surface area contributed by atoms with E-state index in [-0.39, 0.29) is 23.9 Å². The Bertz CT molecular complexity index is 750. The van der Waals surface area contributed by atoms with E-state index in [2.05, 4.69) is 15.6 Å². The molecule has 0 spiro atoms. The zero-order valence-electron chi connectivity index (χ0n) is 12.3. The summed E-state index contributed by atoms with van der Waals surface area (Å²) in [6.07, 6.45) is 1.34. The highest BCUT2D eigenvalue weighted by molar-refractivity contribution is 5.92. The summed E-state index contributed by atoms with van der Waals surface area (Å²) >= 11 is 0. The largest absolute Gasteiger partial charge is 0.326 e. The molecule has 1 aromatic carbocycles. The van der Waals surface area contributed by atoms with Gasteiger partial charge in [0.25, 0.3) is 5.56 Å². The van der Waals surface area contributed by atoms with Crippen LogP contribution < -0.4 is 16.2 Å². The van der Waals surface area contributed by atoms with Crippen molar-refractivity contribution in [1.29, 1.82) is 0 Å². The van der Waals surface area contributed by atoms with Gasteiger partial charge >= 0.3 is 0 Å². The molecule has 2 aromatic rings. The highest BCUT2D eigenvalue weighted by Gasteiger charge is 2.06. The topological polar surface area (TPSA) is 93.1 Å². The lowest BCUT2D eigenvalue weighted by molar-refractivity contribution is -0.117. The highest BCUT2D eigenvalue weighted by Crippen LogP contribution is 2.13. The maximum Gasteiger partial charge on any atom is 0.253 e. The summed E-state index contributed by atoms with van der Waals surface area (Å²) in [4.78, 5) is 38.5. The molecule has 0 aliphatic carbocycles. The van der Waals surface area contributed by atoms with Gasteiger partial charge < -0.3 is 10.6 Å². The van der Waals surface area contributed by atoms with Crippen molar-refractivity contribution >= 4 is 23.2 Å². The summed E-state index contributed by atoms with van der Waals surface area (Å²) in [5.74, 6) is -0.497. The van der Waals surface area contributed by atoms with Gasteiger partial charge in [-0.1, -0.05) is 0 Å². The Labute approximate surface area is 127 Å². The number of amides is 2. The minimum Gasteiger partial charge on any atom is -0.326 e. The molecule has 0 atom stereocenters. The monoisotopic (exact) mass is 300 g/mol. The highest BCUT2D eigenvalue weighted by atomic mass is 16.2. The molecule has 114 valence electrons. The van der Waals surface area contributed by atoms with Crippen molar-refractivity contribution in [3.8, 4) is 0 Å². The van der Waals surface area contributed by atoms with E-state index in [4.69, 9.17) is 0 Å². The number of hydrogen-bond acceptors (Lipinski definition) is 4. The van der Waals surface area contributed by atoms with E-state index in [1.165, 1.54) is 23.9 Å². The predicted molar refractivity (Wildman–Crippen MR) is 82.6 cm³/mol. The van der Waals surface area contributed by atoms with Crippen molar-refractivity contribution in [3.63, 3.8) is 0 Å². The number of rotatable bonds is 4. The molecule has 7 heteroatoms. The van der Waals surface area contributed by atoms with Crippen LogP contribution in [0.5, 0.6) is 0 Å². The van der Waals surface area contributed by atoms with Gasteiger partial charge in [0.2, 0.25) is 11.8 Å². The second kappa shape index (κ2) is 6.66. The Morgan fingerprint density at radius 1 is 1.14 bits per heavy atom. The van der Waals surface area contributed by atoms with E-state index in [1.54, 1.807) is 31.2 Å². The molecule has 0 bridgehead atoms. The second-order valence-electron chi connectivity index (χ2n) is 4.80. The molecular formula is C15H16N4O3. The summed E-state index contributed by atoms with van der Waals surface area (Å²) in [5.41, 5.74) is 1.55. The SMILES string of the molecule is CC(=O)Nc1ccc(NC(=O)Cn2cnc(C)cc2=O)cc1. The molecule has 1 heterocycles. The fourth-order valence-electron chi connectivity index (χ4n) is 1.83. The van der Waals surface area contributed by atoms with Crippen LogP contribution in [0.4, 0.5) is 11.4 Å². The zero-order chi connectivity index (χ0) is 16.1. The average molecular weight is 300 g/mol. The summed E-state index contributed by atoms with van der Waals surface area (Å²) < 4.78 is 1.23. The molecule has 0 saturated carbocycles. The number of benzene rings is 1. The van der Waals surface area contributed by atoms with Gasteiger partial charge in [-0.15, -0.1) is 0 Å². The molecule has 0 unspecified atom stereocenters. The third-order valence-corrected chi connectivity index (χ3v) is 2.82. The van der Waals surface area contributed by atoms with Gasteiger partial charge in [-0.2, -0.15) is 0 Å². The third kappa shape index (κ3) is 4.27. The van der Waals surface area contributed by atoms with Crippen LogP contribution >= 0.6 is 0 Å². The maximum absolute atomic E-state index is 11.9. The molecule has 1 aromatic heterocycles. The molecule has 2 N–H and O–H groups in total. The van der Waals surface area contributed by atoms with Crippen molar-refractivity contribution in [3.05, 3.63) is 52.7 Å². The van der Waals surface area contributed by atoms with E-state index >= 15 is 0 Å². The van der Waals surface area contributed by atoms with Crippen LogP contribution in [-0.2, 0) is 16.1 Å². The zero-order valence-corrected chi connectivity index (χ0v) is 12.3. The molecular weight excluding hydrogens is 284 g/mol. The molecule has 0 aliphatic heterocycles. The summed E-state index contributed by atoms with van der Waals surface area (Å²) in [6, 6.07) is 8.06. The van der Waals surface area contributed by atoms with Crippen molar-refractivity contribution in [2.45, 2.75) is 20.4 Å². The van der Waals surface area contributed by atoms with Gasteiger partial charge in [-0.05, 0) is 31.2 Å². The first-order valence-electron chi connectivity index (χ1n) is 6.64. The number of nitrogens with zero attached hydrogens (tertiary/aromatic N) is 2. The summed E-state index contributed by atoms with van der Waals surface area (Å²) in [7, 11) is 0. The second-order valence-corrected chi connectivity index (χ2v) is 4.80. The number of nitrogens with one attached hydrogen (secondary N) is 2. The first-order valence-corrected chi connectivity index (χ1v) is 6.64. The maximum atomic E-state index is 11.9. The predicted octanol–water partition coefficient (Wildman–Crippen LogP) is 1.15. The Balaban J connectivity index is 1.99. The normalized spacial score (nSPS) is 10.1. The summed E-state index contributed by atoms with van der Waals surface area (Å²) in [6.45, 7) is 3.02. The van der Waals surface area contributed by atoms with Crippen LogP contribution in [0, 0.1) is 6.92 Å². The van der Waals surface area contributed by atoms with Crippen LogP contribution in [0.25, 0.3) is 0 Å². The van der Waals surface area contributed by atoms with Gasteiger partial charge in [0.1, 0.15) is 6.54 Å². The van der Waals surface area contributed by atoms with Gasteiger partial charge in [-0.25, -0.2) is 4.98 Å².